The molecule has 0 spiro atoms. The number of hydrogen-bond donors (Lipinski definition) is 3. The summed E-state index contributed by atoms with van der Waals surface area (Å²) in [5.41, 5.74) is 0.785. The van der Waals surface area contributed by atoms with E-state index in [4.69, 9.17) is 0 Å². The lowest BCUT2D eigenvalue weighted by Crippen LogP contribution is -2.51. The molecule has 0 radical (unpaired) electrons. The number of nitrogens with one attached hydrogen (secondary N) is 2. The van der Waals surface area contributed by atoms with Crippen molar-refractivity contribution in [2.45, 2.75) is 25.0 Å². The minimum absolute atomic E-state index is 0.0337. The van der Waals surface area contributed by atoms with E-state index in [0.717, 1.165) is 24.9 Å². The lowest BCUT2D eigenvalue weighted by molar-refractivity contribution is 0.172. The van der Waals surface area contributed by atoms with Crippen LogP contribution in [0.5, 0.6) is 0 Å². The molecule has 132 valence electrons. The van der Waals surface area contributed by atoms with Gasteiger partial charge in [0.2, 0.25) is 5.95 Å². The summed E-state index contributed by atoms with van der Waals surface area (Å²) >= 11 is 0. The standard InChI is InChI=1S/C18H23N5O2/c24-16(14-6-2-1-3-7-14)12-21-18(25)22-15-8-4-11-23(13-15)17-19-9-5-10-20-17/h1-3,5-7,9-10,15-16,24H,4,8,11-13H2,(H2,21,22,25)/t15-,16-/m1/s1. The van der Waals surface area contributed by atoms with Gasteiger partial charge in [-0.25, -0.2) is 14.8 Å². The van der Waals surface area contributed by atoms with E-state index in [2.05, 4.69) is 25.5 Å². The van der Waals surface area contributed by atoms with E-state index in [1.54, 1.807) is 18.5 Å². The number of benzene rings is 1. The fraction of sp³-hybridized carbons (Fsp3) is 0.389. The minimum atomic E-state index is -0.715. The van der Waals surface area contributed by atoms with Gasteiger partial charge >= 0.3 is 6.03 Å². The van der Waals surface area contributed by atoms with Crippen LogP contribution in [0.1, 0.15) is 24.5 Å². The number of rotatable bonds is 5. The molecular weight excluding hydrogens is 318 g/mol. The van der Waals surface area contributed by atoms with Gasteiger partial charge < -0.3 is 20.6 Å². The first-order chi connectivity index (χ1) is 12.2. The fourth-order valence-electron chi connectivity index (χ4n) is 2.95. The van der Waals surface area contributed by atoms with Crippen molar-refractivity contribution in [3.63, 3.8) is 0 Å². The number of aromatic nitrogens is 2. The van der Waals surface area contributed by atoms with Gasteiger partial charge in [0.1, 0.15) is 0 Å². The van der Waals surface area contributed by atoms with Gasteiger partial charge in [-0.05, 0) is 24.5 Å². The molecule has 2 amide bonds. The van der Waals surface area contributed by atoms with Gasteiger partial charge in [-0.3, -0.25) is 0 Å². The van der Waals surface area contributed by atoms with Gasteiger partial charge in [0.15, 0.2) is 0 Å². The Hall–Kier alpha value is -2.67. The third kappa shape index (κ3) is 4.90. The van der Waals surface area contributed by atoms with Crippen molar-refractivity contribution in [3.8, 4) is 0 Å². The van der Waals surface area contributed by atoms with Crippen LogP contribution in [0.4, 0.5) is 10.7 Å². The van der Waals surface area contributed by atoms with E-state index < -0.39 is 6.10 Å². The van der Waals surface area contributed by atoms with Crippen LogP contribution < -0.4 is 15.5 Å². The molecule has 1 aromatic heterocycles. The van der Waals surface area contributed by atoms with Crippen LogP contribution in [0.3, 0.4) is 0 Å². The SMILES string of the molecule is O=C(NC[C@@H](O)c1ccccc1)N[C@@H]1CCCN(c2ncccn2)C1. The van der Waals surface area contributed by atoms with E-state index in [-0.39, 0.29) is 18.6 Å². The largest absolute Gasteiger partial charge is 0.387 e. The molecule has 1 fully saturated rings. The van der Waals surface area contributed by atoms with Crippen molar-refractivity contribution in [1.29, 1.82) is 0 Å². The second kappa shape index (κ2) is 8.43. The Morgan fingerprint density at radius 1 is 1.24 bits per heavy atom. The number of nitrogens with zero attached hydrogens (tertiary/aromatic N) is 3. The van der Waals surface area contributed by atoms with Crippen LogP contribution in [0, 0.1) is 0 Å². The summed E-state index contributed by atoms with van der Waals surface area (Å²) in [5.74, 6) is 0.689. The van der Waals surface area contributed by atoms with Crippen molar-refractivity contribution < 1.29 is 9.90 Å². The maximum atomic E-state index is 12.1. The number of anilines is 1. The zero-order valence-corrected chi connectivity index (χ0v) is 14.0. The Kier molecular flexibility index (Phi) is 5.79. The summed E-state index contributed by atoms with van der Waals surface area (Å²) in [6.45, 7) is 1.74. The first kappa shape index (κ1) is 17.2. The number of urea groups is 1. The highest BCUT2D eigenvalue weighted by Crippen LogP contribution is 2.15. The average molecular weight is 341 g/mol. The lowest BCUT2D eigenvalue weighted by Gasteiger charge is -2.33. The predicted molar refractivity (Wildman–Crippen MR) is 95.2 cm³/mol. The predicted octanol–water partition coefficient (Wildman–Crippen LogP) is 1.48. The molecule has 0 bridgehead atoms. The van der Waals surface area contributed by atoms with Crippen molar-refractivity contribution in [2.75, 3.05) is 24.5 Å². The van der Waals surface area contributed by atoms with E-state index in [1.807, 2.05) is 30.3 Å². The molecule has 1 aliphatic heterocycles. The second-order valence-electron chi connectivity index (χ2n) is 6.11. The molecule has 0 unspecified atom stereocenters. The number of amides is 2. The van der Waals surface area contributed by atoms with Crippen LogP contribution >= 0.6 is 0 Å². The first-order valence-corrected chi connectivity index (χ1v) is 8.51. The number of piperidine rings is 1. The smallest absolute Gasteiger partial charge is 0.315 e. The van der Waals surface area contributed by atoms with Crippen molar-refractivity contribution in [3.05, 3.63) is 54.4 Å². The second-order valence-corrected chi connectivity index (χ2v) is 6.11. The van der Waals surface area contributed by atoms with Gasteiger partial charge in [0.25, 0.3) is 0 Å². The molecule has 1 aromatic carbocycles. The number of hydrogen-bond acceptors (Lipinski definition) is 5. The summed E-state index contributed by atoms with van der Waals surface area (Å²) in [4.78, 5) is 22.7. The Morgan fingerprint density at radius 2 is 2.00 bits per heavy atom. The molecule has 25 heavy (non-hydrogen) atoms. The van der Waals surface area contributed by atoms with Crippen LogP contribution in [-0.2, 0) is 0 Å². The number of aliphatic hydroxyl groups excluding tert-OH is 1. The van der Waals surface area contributed by atoms with Gasteiger partial charge in [0, 0.05) is 38.1 Å². The molecule has 2 aromatic rings. The van der Waals surface area contributed by atoms with Gasteiger partial charge in [-0.1, -0.05) is 30.3 Å². The highest BCUT2D eigenvalue weighted by molar-refractivity contribution is 5.74. The molecule has 0 aliphatic carbocycles. The summed E-state index contributed by atoms with van der Waals surface area (Å²) in [5, 5.41) is 15.8. The molecule has 3 rings (SSSR count). The average Bonchev–Trinajstić information content (AvgIpc) is 2.68. The number of carbonyl (C=O) groups is 1. The third-order valence-electron chi connectivity index (χ3n) is 4.23. The van der Waals surface area contributed by atoms with Crippen LogP contribution in [0.25, 0.3) is 0 Å². The van der Waals surface area contributed by atoms with E-state index in [1.165, 1.54) is 0 Å². The Balaban J connectivity index is 1.46. The monoisotopic (exact) mass is 341 g/mol. The minimum Gasteiger partial charge on any atom is -0.387 e. The van der Waals surface area contributed by atoms with Crippen molar-refractivity contribution in [2.24, 2.45) is 0 Å². The Bertz CT molecular complexity index is 668. The molecule has 7 nitrogen and oxygen atoms in total. The quantitative estimate of drug-likeness (QED) is 0.766. The molecule has 1 saturated heterocycles. The number of carbonyl (C=O) groups excluding carboxylic acids is 1. The maximum Gasteiger partial charge on any atom is 0.315 e. The van der Waals surface area contributed by atoms with Crippen LogP contribution in [-0.4, -0.2) is 46.8 Å². The van der Waals surface area contributed by atoms with Gasteiger partial charge in [0.05, 0.1) is 6.10 Å². The van der Waals surface area contributed by atoms with E-state index in [0.29, 0.717) is 12.5 Å². The zero-order valence-electron chi connectivity index (χ0n) is 14.0. The topological polar surface area (TPSA) is 90.4 Å². The van der Waals surface area contributed by atoms with Crippen LogP contribution in [0.15, 0.2) is 48.8 Å². The maximum absolute atomic E-state index is 12.1. The molecule has 2 heterocycles. The normalized spacial score (nSPS) is 18.4. The summed E-state index contributed by atoms with van der Waals surface area (Å²) < 4.78 is 0. The lowest BCUT2D eigenvalue weighted by atomic mass is 10.1. The molecule has 3 N–H and O–H groups in total. The highest BCUT2D eigenvalue weighted by atomic mass is 16.3. The summed E-state index contributed by atoms with van der Waals surface area (Å²) in [7, 11) is 0. The molecular formula is C18H23N5O2. The zero-order chi connectivity index (χ0) is 17.5. The van der Waals surface area contributed by atoms with Gasteiger partial charge in [-0.15, -0.1) is 0 Å². The Labute approximate surface area is 147 Å². The number of aliphatic hydroxyl groups is 1. The molecule has 1 aliphatic rings. The van der Waals surface area contributed by atoms with Crippen LogP contribution in [0.2, 0.25) is 0 Å². The fourth-order valence-corrected chi connectivity index (χ4v) is 2.95. The van der Waals surface area contributed by atoms with E-state index in [9.17, 15) is 9.90 Å². The third-order valence-corrected chi connectivity index (χ3v) is 4.23. The molecule has 2 atom stereocenters. The van der Waals surface area contributed by atoms with Crippen molar-refractivity contribution >= 4 is 12.0 Å². The summed E-state index contributed by atoms with van der Waals surface area (Å²) in [6.07, 6.45) is 4.61. The van der Waals surface area contributed by atoms with Gasteiger partial charge in [-0.2, -0.15) is 0 Å². The Morgan fingerprint density at radius 3 is 2.76 bits per heavy atom. The molecule has 7 heteroatoms. The summed E-state index contributed by atoms with van der Waals surface area (Å²) in [6, 6.07) is 10.8. The highest BCUT2D eigenvalue weighted by Gasteiger charge is 2.23. The first-order valence-electron chi connectivity index (χ1n) is 8.51. The van der Waals surface area contributed by atoms with Crippen molar-refractivity contribution in [1.82, 2.24) is 20.6 Å². The molecule has 0 saturated carbocycles. The van der Waals surface area contributed by atoms with E-state index >= 15 is 0 Å².